The first kappa shape index (κ1) is 13.2. The molecule has 106 valence electrons. The predicted octanol–water partition coefficient (Wildman–Crippen LogP) is 2.78. The van der Waals surface area contributed by atoms with Gasteiger partial charge in [-0.3, -0.25) is 4.68 Å². The zero-order chi connectivity index (χ0) is 13.8. The van der Waals surface area contributed by atoms with Gasteiger partial charge in [-0.15, -0.1) is 0 Å². The monoisotopic (exact) mass is 271 g/mol. The summed E-state index contributed by atoms with van der Waals surface area (Å²) in [5.41, 5.74) is 1.20. The van der Waals surface area contributed by atoms with E-state index in [4.69, 9.17) is 4.74 Å². The van der Waals surface area contributed by atoms with Gasteiger partial charge < -0.3 is 10.1 Å². The van der Waals surface area contributed by atoms with E-state index in [2.05, 4.69) is 41.6 Å². The van der Waals surface area contributed by atoms with Crippen LogP contribution in [0.4, 0.5) is 0 Å². The van der Waals surface area contributed by atoms with Crippen LogP contribution in [0.5, 0.6) is 5.75 Å². The van der Waals surface area contributed by atoms with Crippen LogP contribution in [0, 0.1) is 0 Å². The molecule has 20 heavy (non-hydrogen) atoms. The minimum absolute atomic E-state index is 0.0336. The highest BCUT2D eigenvalue weighted by Crippen LogP contribution is 2.24. The van der Waals surface area contributed by atoms with Gasteiger partial charge in [0.2, 0.25) is 0 Å². The molecule has 1 aromatic carbocycles. The minimum Gasteiger partial charge on any atom is -0.481 e. The van der Waals surface area contributed by atoms with Crippen molar-refractivity contribution >= 4 is 0 Å². The molecule has 4 nitrogen and oxygen atoms in total. The van der Waals surface area contributed by atoms with E-state index >= 15 is 0 Å². The van der Waals surface area contributed by atoms with Crippen LogP contribution in [0.25, 0.3) is 0 Å². The van der Waals surface area contributed by atoms with Crippen LogP contribution in [0.2, 0.25) is 0 Å². The van der Waals surface area contributed by atoms with Gasteiger partial charge in [-0.25, -0.2) is 0 Å². The van der Waals surface area contributed by atoms with Gasteiger partial charge in [0, 0.05) is 19.1 Å². The van der Waals surface area contributed by atoms with Gasteiger partial charge in [-0.05, 0) is 25.3 Å². The molecule has 1 aromatic heterocycles. The summed E-state index contributed by atoms with van der Waals surface area (Å²) >= 11 is 0. The molecule has 1 atom stereocenters. The Morgan fingerprint density at radius 1 is 1.35 bits per heavy atom. The zero-order valence-electron chi connectivity index (χ0n) is 11.8. The molecule has 3 rings (SSSR count). The Morgan fingerprint density at radius 2 is 2.15 bits per heavy atom. The average molecular weight is 271 g/mol. The Morgan fingerprint density at radius 3 is 2.80 bits per heavy atom. The highest BCUT2D eigenvalue weighted by atomic mass is 16.5. The lowest BCUT2D eigenvalue weighted by atomic mass is 10.1. The number of nitrogens with zero attached hydrogens (tertiary/aromatic N) is 2. The van der Waals surface area contributed by atoms with Gasteiger partial charge in [-0.1, -0.05) is 30.3 Å². The van der Waals surface area contributed by atoms with Crippen molar-refractivity contribution in [1.29, 1.82) is 0 Å². The fraction of sp³-hybridized carbons (Fsp3) is 0.438. The molecular weight excluding hydrogens is 250 g/mol. The Hall–Kier alpha value is -1.81. The Kier molecular flexibility index (Phi) is 4.02. The third-order valence-electron chi connectivity index (χ3n) is 3.55. The summed E-state index contributed by atoms with van der Waals surface area (Å²) in [5, 5.41) is 7.80. The van der Waals surface area contributed by atoms with E-state index in [1.54, 1.807) is 6.20 Å². The van der Waals surface area contributed by atoms with Gasteiger partial charge >= 0.3 is 0 Å². The van der Waals surface area contributed by atoms with Crippen molar-refractivity contribution < 1.29 is 4.74 Å². The smallest absolute Gasteiger partial charge is 0.158 e. The van der Waals surface area contributed by atoms with Gasteiger partial charge in [0.15, 0.2) is 5.75 Å². The van der Waals surface area contributed by atoms with Crippen LogP contribution in [-0.4, -0.2) is 22.4 Å². The van der Waals surface area contributed by atoms with Crippen molar-refractivity contribution in [3.05, 3.63) is 48.3 Å². The molecule has 0 bridgehead atoms. The van der Waals surface area contributed by atoms with E-state index in [1.165, 1.54) is 18.4 Å². The summed E-state index contributed by atoms with van der Waals surface area (Å²) < 4.78 is 8.00. The Balaban J connectivity index is 1.70. The van der Waals surface area contributed by atoms with Gasteiger partial charge in [0.25, 0.3) is 0 Å². The summed E-state index contributed by atoms with van der Waals surface area (Å²) in [4.78, 5) is 0. The van der Waals surface area contributed by atoms with Crippen LogP contribution in [0.1, 0.15) is 31.4 Å². The zero-order valence-corrected chi connectivity index (χ0v) is 11.8. The molecule has 1 aliphatic rings. The minimum atomic E-state index is 0.0336. The van der Waals surface area contributed by atoms with Crippen molar-refractivity contribution in [3.8, 4) is 5.75 Å². The number of nitrogens with one attached hydrogen (secondary N) is 1. The molecular formula is C16H21N3O. The van der Waals surface area contributed by atoms with Gasteiger partial charge in [-0.2, -0.15) is 5.10 Å². The number of hydrogen-bond donors (Lipinski definition) is 1. The van der Waals surface area contributed by atoms with Crippen molar-refractivity contribution in [2.75, 3.05) is 6.54 Å². The van der Waals surface area contributed by atoms with E-state index in [9.17, 15) is 0 Å². The van der Waals surface area contributed by atoms with Gasteiger partial charge in [0.1, 0.15) is 6.10 Å². The highest BCUT2D eigenvalue weighted by molar-refractivity contribution is 5.21. The Labute approximate surface area is 119 Å². The number of aromatic nitrogens is 2. The van der Waals surface area contributed by atoms with E-state index in [0.29, 0.717) is 6.04 Å². The first-order valence-electron chi connectivity index (χ1n) is 7.32. The number of aryl methyl sites for hydroxylation is 1. The second-order valence-corrected chi connectivity index (χ2v) is 5.23. The molecule has 0 spiro atoms. The van der Waals surface area contributed by atoms with Crippen LogP contribution in [0.15, 0.2) is 42.7 Å². The molecule has 1 fully saturated rings. The van der Waals surface area contributed by atoms with E-state index in [0.717, 1.165) is 18.8 Å². The van der Waals surface area contributed by atoms with Crippen molar-refractivity contribution in [3.63, 3.8) is 0 Å². The topological polar surface area (TPSA) is 39.1 Å². The van der Waals surface area contributed by atoms with Gasteiger partial charge in [0.05, 0.1) is 12.4 Å². The number of hydrogen-bond acceptors (Lipinski definition) is 3. The second-order valence-electron chi connectivity index (χ2n) is 5.23. The fourth-order valence-corrected chi connectivity index (χ4v) is 2.20. The third-order valence-corrected chi connectivity index (χ3v) is 3.55. The third kappa shape index (κ3) is 3.39. The predicted molar refractivity (Wildman–Crippen MR) is 78.7 cm³/mol. The highest BCUT2D eigenvalue weighted by Gasteiger charge is 2.23. The van der Waals surface area contributed by atoms with E-state index in [1.807, 2.05) is 16.9 Å². The maximum absolute atomic E-state index is 6.12. The summed E-state index contributed by atoms with van der Waals surface area (Å²) in [5.74, 6) is 0.832. The lowest BCUT2D eigenvalue weighted by Gasteiger charge is -2.19. The maximum Gasteiger partial charge on any atom is 0.158 e. The van der Waals surface area contributed by atoms with Crippen LogP contribution in [0.3, 0.4) is 0 Å². The lowest BCUT2D eigenvalue weighted by Crippen LogP contribution is -2.26. The normalized spacial score (nSPS) is 16.1. The largest absolute Gasteiger partial charge is 0.481 e. The molecule has 0 saturated heterocycles. The van der Waals surface area contributed by atoms with Crippen LogP contribution < -0.4 is 10.1 Å². The average Bonchev–Trinajstić information content (AvgIpc) is 3.22. The molecule has 0 radical (unpaired) electrons. The molecule has 1 saturated carbocycles. The van der Waals surface area contributed by atoms with Crippen LogP contribution in [-0.2, 0) is 6.54 Å². The summed E-state index contributed by atoms with van der Waals surface area (Å²) in [6, 6.07) is 11.1. The number of rotatable bonds is 7. The quantitative estimate of drug-likeness (QED) is 0.841. The summed E-state index contributed by atoms with van der Waals surface area (Å²) in [7, 11) is 0. The van der Waals surface area contributed by atoms with Crippen molar-refractivity contribution in [2.45, 2.75) is 38.5 Å². The number of ether oxygens (including phenoxy) is 1. The fourth-order valence-electron chi connectivity index (χ4n) is 2.20. The van der Waals surface area contributed by atoms with Crippen LogP contribution >= 0.6 is 0 Å². The molecule has 1 heterocycles. The molecule has 0 aliphatic heterocycles. The summed E-state index contributed by atoms with van der Waals surface area (Å²) in [6.07, 6.45) is 6.35. The Bertz CT molecular complexity index is 534. The number of benzene rings is 1. The molecule has 1 aliphatic carbocycles. The van der Waals surface area contributed by atoms with E-state index < -0.39 is 0 Å². The van der Waals surface area contributed by atoms with E-state index in [-0.39, 0.29) is 6.10 Å². The second kappa shape index (κ2) is 6.09. The molecule has 4 heteroatoms. The standard InChI is InChI=1S/C16H21N3O/c1-2-19-12-15(10-18-19)20-16(11-17-14-8-9-14)13-6-4-3-5-7-13/h3-7,10,12,14,16-17H,2,8-9,11H2,1H3. The first-order valence-corrected chi connectivity index (χ1v) is 7.32. The molecule has 1 N–H and O–H groups in total. The molecule has 1 unspecified atom stereocenters. The summed E-state index contributed by atoms with van der Waals surface area (Å²) in [6.45, 7) is 3.77. The SMILES string of the molecule is CCn1cc(OC(CNC2CC2)c2ccccc2)cn1. The first-order chi connectivity index (χ1) is 9.85. The lowest BCUT2D eigenvalue weighted by molar-refractivity contribution is 0.201. The molecule has 2 aromatic rings. The maximum atomic E-state index is 6.12. The molecule has 0 amide bonds. The van der Waals surface area contributed by atoms with Crippen molar-refractivity contribution in [2.24, 2.45) is 0 Å². The van der Waals surface area contributed by atoms with Crippen molar-refractivity contribution in [1.82, 2.24) is 15.1 Å².